The molecule has 0 aliphatic carbocycles. The molecule has 2 aromatic rings. The molecule has 0 radical (unpaired) electrons. The van der Waals surface area contributed by atoms with Crippen LogP contribution in [0.4, 0.5) is 11.4 Å². The molecule has 1 aliphatic heterocycles. The van der Waals surface area contributed by atoms with Crippen LogP contribution in [-0.2, 0) is 4.74 Å². The average Bonchev–Trinajstić information content (AvgIpc) is 2.50. The summed E-state index contributed by atoms with van der Waals surface area (Å²) < 4.78 is 5.77. The summed E-state index contributed by atoms with van der Waals surface area (Å²) in [6, 6.07) is 6.09. The van der Waals surface area contributed by atoms with Crippen molar-refractivity contribution >= 4 is 22.1 Å². The zero-order valence-corrected chi connectivity index (χ0v) is 12.6. The summed E-state index contributed by atoms with van der Waals surface area (Å²) in [6.07, 6.45) is 7.01. The Morgan fingerprint density at radius 3 is 3.05 bits per heavy atom. The van der Waals surface area contributed by atoms with E-state index in [4.69, 9.17) is 10.5 Å². The summed E-state index contributed by atoms with van der Waals surface area (Å²) in [4.78, 5) is 4.34. The van der Waals surface area contributed by atoms with E-state index in [2.05, 4.69) is 22.4 Å². The fourth-order valence-corrected chi connectivity index (χ4v) is 2.92. The molecule has 21 heavy (non-hydrogen) atoms. The first kappa shape index (κ1) is 14.1. The van der Waals surface area contributed by atoms with E-state index in [1.54, 1.807) is 0 Å². The maximum atomic E-state index is 6.03. The normalized spacial score (nSPS) is 18.8. The molecular formula is C17H23N3O. The van der Waals surface area contributed by atoms with Crippen molar-refractivity contribution in [2.24, 2.45) is 0 Å². The Balaban J connectivity index is 1.71. The number of anilines is 2. The van der Waals surface area contributed by atoms with E-state index in [0.29, 0.717) is 6.10 Å². The maximum Gasteiger partial charge on any atom is 0.0591 e. The number of pyridine rings is 1. The summed E-state index contributed by atoms with van der Waals surface area (Å²) in [5.41, 5.74) is 8.94. The molecule has 1 fully saturated rings. The zero-order valence-electron chi connectivity index (χ0n) is 12.6. The van der Waals surface area contributed by atoms with Crippen LogP contribution in [-0.4, -0.2) is 24.2 Å². The number of hydrogen-bond acceptors (Lipinski definition) is 4. The molecule has 0 spiro atoms. The number of nitrogens with zero attached hydrogens (tertiary/aromatic N) is 1. The topological polar surface area (TPSA) is 60.2 Å². The molecular weight excluding hydrogens is 262 g/mol. The number of nitrogens with one attached hydrogen (secondary N) is 1. The van der Waals surface area contributed by atoms with Crippen molar-refractivity contribution < 1.29 is 4.74 Å². The monoisotopic (exact) mass is 285 g/mol. The van der Waals surface area contributed by atoms with Crippen molar-refractivity contribution in [1.82, 2.24) is 4.98 Å². The van der Waals surface area contributed by atoms with E-state index in [9.17, 15) is 0 Å². The minimum absolute atomic E-state index is 0.412. The molecule has 112 valence electrons. The first-order valence-corrected chi connectivity index (χ1v) is 7.74. The molecule has 2 heterocycles. The SMILES string of the molecule is Cc1cc2c(NCCC3CCCCO3)ccc(N)c2cn1. The van der Waals surface area contributed by atoms with Crippen LogP contribution in [0.2, 0.25) is 0 Å². The number of fused-ring (bicyclic) bond motifs is 1. The molecule has 0 saturated carbocycles. The Hall–Kier alpha value is -1.81. The molecule has 3 N–H and O–H groups in total. The van der Waals surface area contributed by atoms with Gasteiger partial charge in [0.05, 0.1) is 6.10 Å². The maximum absolute atomic E-state index is 6.03. The van der Waals surface area contributed by atoms with Gasteiger partial charge >= 0.3 is 0 Å². The van der Waals surface area contributed by atoms with Gasteiger partial charge in [0.1, 0.15) is 0 Å². The molecule has 0 amide bonds. The van der Waals surface area contributed by atoms with Gasteiger partial charge in [-0.1, -0.05) is 0 Å². The van der Waals surface area contributed by atoms with E-state index in [0.717, 1.165) is 47.4 Å². The van der Waals surface area contributed by atoms with Crippen molar-refractivity contribution in [2.45, 2.75) is 38.7 Å². The lowest BCUT2D eigenvalue weighted by atomic mass is 10.1. The molecule has 1 unspecified atom stereocenters. The third kappa shape index (κ3) is 3.27. The highest BCUT2D eigenvalue weighted by Crippen LogP contribution is 2.28. The third-order valence-electron chi connectivity index (χ3n) is 4.13. The second-order valence-corrected chi connectivity index (χ2v) is 5.78. The number of aromatic nitrogens is 1. The largest absolute Gasteiger partial charge is 0.398 e. The fourth-order valence-electron chi connectivity index (χ4n) is 2.92. The predicted octanol–water partition coefficient (Wildman–Crippen LogP) is 3.50. The molecule has 4 heteroatoms. The van der Waals surface area contributed by atoms with Crippen LogP contribution >= 0.6 is 0 Å². The highest BCUT2D eigenvalue weighted by Gasteiger charge is 2.13. The minimum Gasteiger partial charge on any atom is -0.398 e. The van der Waals surface area contributed by atoms with Crippen LogP contribution in [0, 0.1) is 6.92 Å². The van der Waals surface area contributed by atoms with Gasteiger partial charge in [-0.05, 0) is 50.8 Å². The van der Waals surface area contributed by atoms with Crippen LogP contribution in [0.3, 0.4) is 0 Å². The molecule has 1 aromatic heterocycles. The highest BCUT2D eigenvalue weighted by atomic mass is 16.5. The molecule has 1 aliphatic rings. The van der Waals surface area contributed by atoms with Crippen molar-refractivity contribution in [3.63, 3.8) is 0 Å². The molecule has 1 aromatic carbocycles. The van der Waals surface area contributed by atoms with Crippen LogP contribution in [0.5, 0.6) is 0 Å². The van der Waals surface area contributed by atoms with E-state index >= 15 is 0 Å². The molecule has 3 rings (SSSR count). The highest BCUT2D eigenvalue weighted by molar-refractivity contribution is 6.00. The second-order valence-electron chi connectivity index (χ2n) is 5.78. The zero-order chi connectivity index (χ0) is 14.7. The second kappa shape index (κ2) is 6.31. The molecule has 1 saturated heterocycles. The number of benzene rings is 1. The number of ether oxygens (including phenoxy) is 1. The average molecular weight is 285 g/mol. The lowest BCUT2D eigenvalue weighted by molar-refractivity contribution is 0.0134. The van der Waals surface area contributed by atoms with Crippen molar-refractivity contribution in [3.05, 3.63) is 30.1 Å². The Bertz CT molecular complexity index is 621. The molecule has 4 nitrogen and oxygen atoms in total. The summed E-state index contributed by atoms with van der Waals surface area (Å²) in [7, 11) is 0. The Morgan fingerprint density at radius 2 is 2.24 bits per heavy atom. The van der Waals surface area contributed by atoms with Gasteiger partial charge in [0, 0.05) is 47.2 Å². The number of hydrogen-bond donors (Lipinski definition) is 2. The third-order valence-corrected chi connectivity index (χ3v) is 4.13. The van der Waals surface area contributed by atoms with Crippen molar-refractivity contribution in [3.8, 4) is 0 Å². The predicted molar refractivity (Wildman–Crippen MR) is 87.6 cm³/mol. The summed E-state index contributed by atoms with van der Waals surface area (Å²) in [6.45, 7) is 3.84. The van der Waals surface area contributed by atoms with Crippen molar-refractivity contribution in [1.29, 1.82) is 0 Å². The minimum atomic E-state index is 0.412. The van der Waals surface area contributed by atoms with E-state index in [1.807, 2.05) is 19.2 Å². The van der Waals surface area contributed by atoms with Crippen LogP contribution in [0.15, 0.2) is 24.4 Å². The van der Waals surface area contributed by atoms with Crippen LogP contribution in [0.1, 0.15) is 31.4 Å². The van der Waals surface area contributed by atoms with Crippen molar-refractivity contribution in [2.75, 3.05) is 24.2 Å². The quantitative estimate of drug-likeness (QED) is 0.844. The standard InChI is InChI=1S/C17H23N3O/c1-12-10-14-15(11-20-12)16(18)5-6-17(14)19-8-7-13-4-2-3-9-21-13/h5-6,10-11,13,19H,2-4,7-9,18H2,1H3. The fraction of sp³-hybridized carbons (Fsp3) is 0.471. The van der Waals surface area contributed by atoms with Gasteiger partial charge in [-0.2, -0.15) is 0 Å². The summed E-state index contributed by atoms with van der Waals surface area (Å²) in [5, 5.41) is 5.68. The number of rotatable bonds is 4. The van der Waals surface area contributed by atoms with Gasteiger partial charge in [0.2, 0.25) is 0 Å². The smallest absolute Gasteiger partial charge is 0.0591 e. The number of nitrogens with two attached hydrogens (primary N) is 1. The summed E-state index contributed by atoms with van der Waals surface area (Å²) >= 11 is 0. The Morgan fingerprint density at radius 1 is 1.33 bits per heavy atom. The number of aryl methyl sites for hydroxylation is 1. The van der Waals surface area contributed by atoms with E-state index in [-0.39, 0.29) is 0 Å². The Labute approximate surface area is 125 Å². The van der Waals surface area contributed by atoms with Gasteiger partial charge in [0.15, 0.2) is 0 Å². The van der Waals surface area contributed by atoms with E-state index < -0.39 is 0 Å². The Kier molecular flexibility index (Phi) is 4.25. The lowest BCUT2D eigenvalue weighted by Crippen LogP contribution is -2.22. The van der Waals surface area contributed by atoms with Crippen LogP contribution in [0.25, 0.3) is 10.8 Å². The summed E-state index contributed by atoms with van der Waals surface area (Å²) in [5.74, 6) is 0. The first-order valence-electron chi connectivity index (χ1n) is 7.74. The molecule has 1 atom stereocenters. The van der Waals surface area contributed by atoms with Gasteiger partial charge in [0.25, 0.3) is 0 Å². The lowest BCUT2D eigenvalue weighted by Gasteiger charge is -2.23. The van der Waals surface area contributed by atoms with Gasteiger partial charge < -0.3 is 15.8 Å². The number of nitrogen functional groups attached to an aromatic ring is 1. The molecule has 0 bridgehead atoms. The van der Waals surface area contributed by atoms with Gasteiger partial charge in [-0.25, -0.2) is 0 Å². The van der Waals surface area contributed by atoms with E-state index in [1.165, 1.54) is 19.3 Å². The van der Waals surface area contributed by atoms with Crippen LogP contribution < -0.4 is 11.1 Å². The first-order chi connectivity index (χ1) is 10.2. The van der Waals surface area contributed by atoms with Gasteiger partial charge in [-0.15, -0.1) is 0 Å². The van der Waals surface area contributed by atoms with Gasteiger partial charge in [-0.3, -0.25) is 4.98 Å².